The van der Waals surface area contributed by atoms with Crippen molar-refractivity contribution >= 4 is 49.6 Å². The molecule has 0 atom stereocenters. The zero-order chi connectivity index (χ0) is 39.8. The first-order valence-corrected chi connectivity index (χ1v) is 20.5. The van der Waals surface area contributed by atoms with E-state index in [1.54, 1.807) is 0 Å². The molecule has 11 rings (SSSR count). The molecular formula is C58H39NO. The molecule has 2 heteroatoms. The molecule has 0 N–H and O–H groups in total. The number of hydrogen-bond donors (Lipinski definition) is 0. The SMILES string of the molecule is c1ccc(-c2cccc(-c3ccc(N(c4ccc(-c5cccc(-c6oc7ccccc7c6-c6ccccc6)c5)cc4)c4ccc5c(ccc6ccccc65)c4)cc3)c2)cc1. The average Bonchev–Trinajstić information content (AvgIpc) is 3.73. The molecule has 0 amide bonds. The fourth-order valence-corrected chi connectivity index (χ4v) is 8.68. The lowest BCUT2D eigenvalue weighted by Gasteiger charge is -2.26. The molecule has 1 heterocycles. The normalized spacial score (nSPS) is 11.3. The van der Waals surface area contributed by atoms with E-state index in [-0.39, 0.29) is 0 Å². The summed E-state index contributed by atoms with van der Waals surface area (Å²) in [6, 6.07) is 84.7. The summed E-state index contributed by atoms with van der Waals surface area (Å²) in [7, 11) is 0. The lowest BCUT2D eigenvalue weighted by Crippen LogP contribution is -2.09. The van der Waals surface area contributed by atoms with Gasteiger partial charge in [-0.3, -0.25) is 0 Å². The van der Waals surface area contributed by atoms with Gasteiger partial charge in [0.15, 0.2) is 0 Å². The van der Waals surface area contributed by atoms with Crippen LogP contribution in [0, 0.1) is 0 Å². The number of rotatable bonds is 8. The van der Waals surface area contributed by atoms with Crippen LogP contribution in [-0.2, 0) is 0 Å². The zero-order valence-electron chi connectivity index (χ0n) is 32.9. The van der Waals surface area contributed by atoms with Gasteiger partial charge in [-0.25, -0.2) is 0 Å². The smallest absolute Gasteiger partial charge is 0.143 e. The Hall–Kier alpha value is -7.94. The molecule has 0 fully saturated rings. The largest absolute Gasteiger partial charge is 0.455 e. The van der Waals surface area contributed by atoms with Crippen LogP contribution >= 0.6 is 0 Å². The second kappa shape index (κ2) is 15.1. The number of hydrogen-bond acceptors (Lipinski definition) is 2. The van der Waals surface area contributed by atoms with E-state index in [4.69, 9.17) is 4.42 Å². The van der Waals surface area contributed by atoms with E-state index in [1.165, 1.54) is 43.8 Å². The molecule has 2 nitrogen and oxygen atoms in total. The predicted octanol–water partition coefficient (Wildman–Crippen LogP) is 16.5. The second-order valence-electron chi connectivity index (χ2n) is 15.3. The third kappa shape index (κ3) is 6.51. The highest BCUT2D eigenvalue weighted by Gasteiger charge is 2.19. The van der Waals surface area contributed by atoms with Gasteiger partial charge >= 0.3 is 0 Å². The average molecular weight is 766 g/mol. The van der Waals surface area contributed by atoms with Gasteiger partial charge in [0, 0.05) is 33.6 Å². The van der Waals surface area contributed by atoms with Crippen molar-refractivity contribution in [3.05, 3.63) is 237 Å². The maximum Gasteiger partial charge on any atom is 0.143 e. The first kappa shape index (κ1) is 35.2. The van der Waals surface area contributed by atoms with Gasteiger partial charge in [-0.2, -0.15) is 0 Å². The van der Waals surface area contributed by atoms with Gasteiger partial charge in [0.1, 0.15) is 11.3 Å². The molecule has 0 bridgehead atoms. The Morgan fingerprint density at radius 3 is 1.40 bits per heavy atom. The van der Waals surface area contributed by atoms with Crippen molar-refractivity contribution in [2.75, 3.05) is 4.90 Å². The van der Waals surface area contributed by atoms with Crippen molar-refractivity contribution in [3.8, 4) is 55.8 Å². The van der Waals surface area contributed by atoms with E-state index < -0.39 is 0 Å². The first-order valence-electron chi connectivity index (χ1n) is 20.5. The lowest BCUT2D eigenvalue weighted by molar-refractivity contribution is 0.632. The number of anilines is 3. The van der Waals surface area contributed by atoms with Gasteiger partial charge in [-0.1, -0.05) is 182 Å². The van der Waals surface area contributed by atoms with Gasteiger partial charge in [0.2, 0.25) is 0 Å². The van der Waals surface area contributed by atoms with Crippen LogP contribution in [0.15, 0.2) is 241 Å². The van der Waals surface area contributed by atoms with Crippen molar-refractivity contribution in [2.45, 2.75) is 0 Å². The van der Waals surface area contributed by atoms with Crippen molar-refractivity contribution in [2.24, 2.45) is 0 Å². The second-order valence-corrected chi connectivity index (χ2v) is 15.3. The predicted molar refractivity (Wildman–Crippen MR) is 253 cm³/mol. The summed E-state index contributed by atoms with van der Waals surface area (Å²) in [6.45, 7) is 0. The highest BCUT2D eigenvalue weighted by Crippen LogP contribution is 2.43. The Morgan fingerprint density at radius 2 is 0.733 bits per heavy atom. The maximum atomic E-state index is 6.59. The van der Waals surface area contributed by atoms with Crippen LogP contribution in [0.25, 0.3) is 88.3 Å². The summed E-state index contributed by atoms with van der Waals surface area (Å²) in [5, 5.41) is 6.09. The van der Waals surface area contributed by atoms with Crippen molar-refractivity contribution in [1.29, 1.82) is 0 Å². The van der Waals surface area contributed by atoms with Crippen LogP contribution in [-0.4, -0.2) is 0 Å². The van der Waals surface area contributed by atoms with Gasteiger partial charge < -0.3 is 9.32 Å². The van der Waals surface area contributed by atoms with E-state index >= 15 is 0 Å². The zero-order valence-corrected chi connectivity index (χ0v) is 32.9. The topological polar surface area (TPSA) is 16.4 Å². The van der Waals surface area contributed by atoms with Crippen LogP contribution in [0.2, 0.25) is 0 Å². The molecule has 0 saturated carbocycles. The molecule has 10 aromatic carbocycles. The summed E-state index contributed by atoms with van der Waals surface area (Å²) >= 11 is 0. The van der Waals surface area contributed by atoms with E-state index in [2.05, 4.69) is 229 Å². The maximum absolute atomic E-state index is 6.59. The Labute approximate surface area is 349 Å². The molecule has 0 unspecified atom stereocenters. The fraction of sp³-hybridized carbons (Fsp3) is 0. The van der Waals surface area contributed by atoms with Gasteiger partial charge in [0.05, 0.1) is 0 Å². The van der Waals surface area contributed by atoms with Crippen LogP contribution in [0.3, 0.4) is 0 Å². The first-order chi connectivity index (χ1) is 29.7. The van der Waals surface area contributed by atoms with Crippen LogP contribution in [0.4, 0.5) is 17.1 Å². The highest BCUT2D eigenvalue weighted by atomic mass is 16.3. The molecule has 1 aromatic heterocycles. The summed E-state index contributed by atoms with van der Waals surface area (Å²) in [5.74, 6) is 0.881. The molecule has 11 aromatic rings. The van der Waals surface area contributed by atoms with Gasteiger partial charge in [-0.15, -0.1) is 0 Å². The number of furan rings is 1. The number of fused-ring (bicyclic) bond motifs is 4. The molecule has 0 spiro atoms. The molecule has 0 aliphatic carbocycles. The number of para-hydroxylation sites is 1. The minimum Gasteiger partial charge on any atom is -0.455 e. The summed E-state index contributed by atoms with van der Waals surface area (Å²) < 4.78 is 6.59. The third-order valence-electron chi connectivity index (χ3n) is 11.7. The quantitative estimate of drug-likeness (QED) is 0.143. The van der Waals surface area contributed by atoms with E-state index in [0.29, 0.717) is 0 Å². The monoisotopic (exact) mass is 765 g/mol. The van der Waals surface area contributed by atoms with E-state index in [9.17, 15) is 0 Å². The fourth-order valence-electron chi connectivity index (χ4n) is 8.68. The molecule has 0 saturated heterocycles. The minimum atomic E-state index is 0.881. The van der Waals surface area contributed by atoms with Crippen LogP contribution in [0.5, 0.6) is 0 Å². The Balaban J connectivity index is 0.976. The molecule has 0 radical (unpaired) electrons. The molecular weight excluding hydrogens is 727 g/mol. The third-order valence-corrected chi connectivity index (χ3v) is 11.7. The van der Waals surface area contributed by atoms with Crippen LogP contribution in [0.1, 0.15) is 0 Å². The Bertz CT molecular complexity index is 3290. The molecule has 0 aliphatic heterocycles. The summed E-state index contributed by atoms with van der Waals surface area (Å²) in [4.78, 5) is 2.36. The van der Waals surface area contributed by atoms with Crippen LogP contribution < -0.4 is 4.90 Å². The van der Waals surface area contributed by atoms with Gasteiger partial charge in [0.25, 0.3) is 0 Å². The molecule has 282 valence electrons. The molecule has 0 aliphatic rings. The van der Waals surface area contributed by atoms with E-state index in [0.717, 1.165) is 61.6 Å². The standard InChI is InChI=1S/C58H39NO/c1-3-13-40(14-4-1)45-18-11-19-46(37-45)41-27-31-50(32-28-41)59(52-35-36-54-48(39-52)26-25-43-15-7-8-22-53(43)54)51-33-29-42(30-34-51)47-20-12-21-49(38-47)58-57(44-16-5-2-6-17-44)55-23-9-10-24-56(55)60-58/h1-39H. The highest BCUT2D eigenvalue weighted by molar-refractivity contribution is 6.08. The number of nitrogens with zero attached hydrogens (tertiary/aromatic N) is 1. The summed E-state index contributed by atoms with van der Waals surface area (Å²) in [5.41, 5.74) is 14.5. The Kier molecular flexibility index (Phi) is 8.87. The molecule has 60 heavy (non-hydrogen) atoms. The van der Waals surface area contributed by atoms with Gasteiger partial charge in [-0.05, 0) is 115 Å². The Morgan fingerprint density at radius 1 is 0.267 bits per heavy atom. The van der Waals surface area contributed by atoms with Crippen molar-refractivity contribution < 1.29 is 4.42 Å². The van der Waals surface area contributed by atoms with Crippen molar-refractivity contribution in [1.82, 2.24) is 0 Å². The number of benzene rings is 10. The summed E-state index contributed by atoms with van der Waals surface area (Å²) in [6.07, 6.45) is 0. The van der Waals surface area contributed by atoms with E-state index in [1.807, 2.05) is 12.1 Å². The van der Waals surface area contributed by atoms with Crippen molar-refractivity contribution in [3.63, 3.8) is 0 Å². The minimum absolute atomic E-state index is 0.881. The lowest BCUT2D eigenvalue weighted by atomic mass is 9.96.